The summed E-state index contributed by atoms with van der Waals surface area (Å²) in [4.78, 5) is 22.2. The molecule has 5 heteroatoms. The first-order chi connectivity index (χ1) is 9.38. The Bertz CT molecular complexity index is 561. The molecule has 0 radical (unpaired) electrons. The van der Waals surface area contributed by atoms with Crippen molar-refractivity contribution in [3.63, 3.8) is 0 Å². The summed E-state index contributed by atoms with van der Waals surface area (Å²) in [6.07, 6.45) is 2.22. The fourth-order valence-electron chi connectivity index (χ4n) is 1.94. The molecule has 0 unspecified atom stereocenters. The lowest BCUT2D eigenvalue weighted by Gasteiger charge is -2.12. The SMILES string of the molecule is CCc1cc(OC)cc(C)c1/C=C(\NC(C)=O)C(=O)O. The van der Waals surface area contributed by atoms with Crippen LogP contribution in [0.15, 0.2) is 17.8 Å². The molecule has 20 heavy (non-hydrogen) atoms. The van der Waals surface area contributed by atoms with Gasteiger partial charge in [0.05, 0.1) is 7.11 Å². The first kappa shape index (κ1) is 15.8. The number of benzene rings is 1. The van der Waals surface area contributed by atoms with Gasteiger partial charge in [-0.2, -0.15) is 0 Å². The van der Waals surface area contributed by atoms with Crippen LogP contribution in [0, 0.1) is 6.92 Å². The number of amides is 1. The fourth-order valence-corrected chi connectivity index (χ4v) is 1.94. The quantitative estimate of drug-likeness (QED) is 0.808. The summed E-state index contributed by atoms with van der Waals surface area (Å²) in [6, 6.07) is 3.70. The molecule has 0 aliphatic rings. The van der Waals surface area contributed by atoms with Crippen molar-refractivity contribution < 1.29 is 19.4 Å². The number of hydrogen-bond acceptors (Lipinski definition) is 3. The molecule has 1 aromatic carbocycles. The molecular formula is C15H19NO4. The van der Waals surface area contributed by atoms with Crippen molar-refractivity contribution in [3.8, 4) is 5.75 Å². The Balaban J connectivity index is 3.36. The van der Waals surface area contributed by atoms with Crippen molar-refractivity contribution in [3.05, 3.63) is 34.5 Å². The van der Waals surface area contributed by atoms with E-state index < -0.39 is 11.9 Å². The maximum atomic E-state index is 11.2. The molecule has 0 saturated carbocycles. The zero-order chi connectivity index (χ0) is 15.3. The standard InChI is InChI=1S/C15H19NO4/c1-5-11-7-12(20-4)6-9(2)13(11)8-14(15(18)19)16-10(3)17/h6-8H,5H2,1-4H3,(H,16,17)(H,18,19)/b14-8-. The molecule has 1 amide bonds. The Hall–Kier alpha value is -2.30. The van der Waals surface area contributed by atoms with E-state index in [1.54, 1.807) is 7.11 Å². The van der Waals surface area contributed by atoms with E-state index in [1.807, 2.05) is 26.0 Å². The Labute approximate surface area is 118 Å². The fraction of sp³-hybridized carbons (Fsp3) is 0.333. The van der Waals surface area contributed by atoms with Gasteiger partial charge < -0.3 is 15.2 Å². The number of carbonyl (C=O) groups is 2. The van der Waals surface area contributed by atoms with Crippen LogP contribution >= 0.6 is 0 Å². The molecule has 1 aromatic rings. The van der Waals surface area contributed by atoms with E-state index in [0.717, 1.165) is 28.9 Å². The highest BCUT2D eigenvalue weighted by molar-refractivity contribution is 5.96. The summed E-state index contributed by atoms with van der Waals surface area (Å²) in [6.45, 7) is 5.13. The van der Waals surface area contributed by atoms with Crippen molar-refractivity contribution in [2.45, 2.75) is 27.2 Å². The molecule has 0 spiro atoms. The van der Waals surface area contributed by atoms with E-state index in [9.17, 15) is 9.59 Å². The number of ether oxygens (including phenoxy) is 1. The first-order valence-corrected chi connectivity index (χ1v) is 6.29. The Kier molecular flexibility index (Phi) is 5.32. The Morgan fingerprint density at radius 3 is 2.50 bits per heavy atom. The van der Waals surface area contributed by atoms with E-state index in [0.29, 0.717) is 0 Å². The Morgan fingerprint density at radius 2 is 2.05 bits per heavy atom. The van der Waals surface area contributed by atoms with E-state index in [1.165, 1.54) is 13.0 Å². The van der Waals surface area contributed by atoms with Crippen molar-refractivity contribution in [1.82, 2.24) is 5.32 Å². The van der Waals surface area contributed by atoms with Gasteiger partial charge in [0.1, 0.15) is 11.4 Å². The average molecular weight is 277 g/mol. The molecule has 5 nitrogen and oxygen atoms in total. The van der Waals surface area contributed by atoms with Crippen LogP contribution in [0.2, 0.25) is 0 Å². The highest BCUT2D eigenvalue weighted by atomic mass is 16.5. The lowest BCUT2D eigenvalue weighted by Crippen LogP contribution is -2.24. The van der Waals surface area contributed by atoms with Crippen LogP contribution in [0.5, 0.6) is 5.75 Å². The maximum absolute atomic E-state index is 11.2. The van der Waals surface area contributed by atoms with Gasteiger partial charge in [-0.3, -0.25) is 4.79 Å². The molecule has 0 atom stereocenters. The zero-order valence-corrected chi connectivity index (χ0v) is 12.1. The van der Waals surface area contributed by atoms with Gasteiger partial charge in [0, 0.05) is 6.92 Å². The number of aliphatic carboxylic acids is 1. The average Bonchev–Trinajstić information content (AvgIpc) is 2.38. The monoisotopic (exact) mass is 277 g/mol. The molecule has 0 fully saturated rings. The first-order valence-electron chi connectivity index (χ1n) is 6.29. The molecule has 0 heterocycles. The molecule has 0 bridgehead atoms. The predicted molar refractivity (Wildman–Crippen MR) is 76.5 cm³/mol. The smallest absolute Gasteiger partial charge is 0.352 e. The number of rotatable bonds is 5. The Morgan fingerprint density at radius 1 is 1.40 bits per heavy atom. The van der Waals surface area contributed by atoms with E-state index >= 15 is 0 Å². The number of carboxylic acids is 1. The van der Waals surface area contributed by atoms with Gasteiger partial charge in [-0.1, -0.05) is 6.92 Å². The summed E-state index contributed by atoms with van der Waals surface area (Å²) in [5.74, 6) is -0.853. The van der Waals surface area contributed by atoms with Gasteiger partial charge in [0.25, 0.3) is 0 Å². The summed E-state index contributed by atoms with van der Waals surface area (Å²) < 4.78 is 5.20. The van der Waals surface area contributed by atoms with E-state index in [4.69, 9.17) is 9.84 Å². The third-order valence-corrected chi connectivity index (χ3v) is 2.89. The molecule has 0 aliphatic heterocycles. The summed E-state index contributed by atoms with van der Waals surface area (Å²) >= 11 is 0. The van der Waals surface area contributed by atoms with Gasteiger partial charge in [-0.25, -0.2) is 4.79 Å². The molecule has 0 saturated heterocycles. The summed E-state index contributed by atoms with van der Waals surface area (Å²) in [5.41, 5.74) is 2.51. The minimum absolute atomic E-state index is 0.138. The molecule has 108 valence electrons. The molecule has 0 aliphatic carbocycles. The van der Waals surface area contributed by atoms with Crippen molar-refractivity contribution in [2.24, 2.45) is 0 Å². The molecule has 1 rings (SSSR count). The van der Waals surface area contributed by atoms with Crippen LogP contribution in [0.4, 0.5) is 0 Å². The van der Waals surface area contributed by atoms with Gasteiger partial charge in [-0.15, -0.1) is 0 Å². The van der Waals surface area contributed by atoms with Gasteiger partial charge in [0.2, 0.25) is 5.91 Å². The largest absolute Gasteiger partial charge is 0.497 e. The molecule has 2 N–H and O–H groups in total. The van der Waals surface area contributed by atoms with Gasteiger partial charge in [-0.05, 0) is 48.2 Å². The third-order valence-electron chi connectivity index (χ3n) is 2.89. The zero-order valence-electron chi connectivity index (χ0n) is 12.1. The summed E-state index contributed by atoms with van der Waals surface area (Å²) in [5, 5.41) is 11.5. The second-order valence-electron chi connectivity index (χ2n) is 4.41. The van der Waals surface area contributed by atoms with Crippen LogP contribution < -0.4 is 10.1 Å². The van der Waals surface area contributed by atoms with Gasteiger partial charge in [0.15, 0.2) is 0 Å². The lowest BCUT2D eigenvalue weighted by molar-refractivity contribution is -0.134. The predicted octanol–water partition coefficient (Wildman–Crippen LogP) is 2.13. The van der Waals surface area contributed by atoms with Crippen molar-refractivity contribution in [2.75, 3.05) is 7.11 Å². The number of aryl methyl sites for hydroxylation is 2. The third kappa shape index (κ3) is 3.85. The number of nitrogens with one attached hydrogen (secondary N) is 1. The number of carbonyl (C=O) groups excluding carboxylic acids is 1. The number of carboxylic acid groups (broad SMARTS) is 1. The topological polar surface area (TPSA) is 75.6 Å². The lowest BCUT2D eigenvalue weighted by atomic mass is 9.98. The summed E-state index contributed by atoms with van der Waals surface area (Å²) in [7, 11) is 1.59. The van der Waals surface area contributed by atoms with Crippen LogP contribution in [-0.2, 0) is 16.0 Å². The normalized spacial score (nSPS) is 11.1. The van der Waals surface area contributed by atoms with E-state index in [2.05, 4.69) is 5.32 Å². The van der Waals surface area contributed by atoms with Crippen LogP contribution in [-0.4, -0.2) is 24.1 Å². The van der Waals surface area contributed by atoms with Crippen LogP contribution in [0.1, 0.15) is 30.5 Å². The molecular weight excluding hydrogens is 258 g/mol. The van der Waals surface area contributed by atoms with E-state index in [-0.39, 0.29) is 5.70 Å². The van der Waals surface area contributed by atoms with Crippen LogP contribution in [0.3, 0.4) is 0 Å². The molecule has 0 aromatic heterocycles. The number of methoxy groups -OCH3 is 1. The highest BCUT2D eigenvalue weighted by Crippen LogP contribution is 2.24. The van der Waals surface area contributed by atoms with Gasteiger partial charge >= 0.3 is 5.97 Å². The van der Waals surface area contributed by atoms with Crippen LogP contribution in [0.25, 0.3) is 6.08 Å². The second kappa shape index (κ2) is 6.75. The minimum atomic E-state index is -1.17. The highest BCUT2D eigenvalue weighted by Gasteiger charge is 2.12. The van der Waals surface area contributed by atoms with Crippen molar-refractivity contribution in [1.29, 1.82) is 0 Å². The van der Waals surface area contributed by atoms with Crippen molar-refractivity contribution >= 4 is 18.0 Å². The second-order valence-corrected chi connectivity index (χ2v) is 4.41. The maximum Gasteiger partial charge on any atom is 0.352 e. The minimum Gasteiger partial charge on any atom is -0.497 e. The number of hydrogen-bond donors (Lipinski definition) is 2.